The van der Waals surface area contributed by atoms with E-state index in [1.807, 2.05) is 92.1 Å². The summed E-state index contributed by atoms with van der Waals surface area (Å²) < 4.78 is 7.55. The highest BCUT2D eigenvalue weighted by Crippen LogP contribution is 2.38. The van der Waals surface area contributed by atoms with Crippen LogP contribution in [0.4, 0.5) is 5.69 Å². The molecule has 0 saturated heterocycles. The zero-order valence-corrected chi connectivity index (χ0v) is 20.6. The van der Waals surface area contributed by atoms with Gasteiger partial charge >= 0.3 is 0 Å². The molecule has 0 aliphatic heterocycles. The molecular formula is C27H28N4O2S. The van der Waals surface area contributed by atoms with Gasteiger partial charge in [0.05, 0.1) is 12.7 Å². The Balaban J connectivity index is 1.69. The fourth-order valence-corrected chi connectivity index (χ4v) is 5.05. The number of ether oxygens (including phenoxy) is 1. The van der Waals surface area contributed by atoms with E-state index in [0.29, 0.717) is 17.5 Å². The summed E-state index contributed by atoms with van der Waals surface area (Å²) >= 11 is 1.39. The van der Waals surface area contributed by atoms with Gasteiger partial charge in [0.2, 0.25) is 5.91 Å². The number of carbonyl (C=O) groups excluding carboxylic acids is 1. The van der Waals surface area contributed by atoms with Crippen molar-refractivity contribution in [2.75, 3.05) is 12.4 Å². The van der Waals surface area contributed by atoms with Crippen molar-refractivity contribution < 1.29 is 9.53 Å². The minimum atomic E-state index is -0.498. The Hall–Kier alpha value is -3.58. The number of rotatable bonds is 8. The number of carbonyl (C=O) groups is 1. The van der Waals surface area contributed by atoms with E-state index in [0.717, 1.165) is 33.7 Å². The van der Waals surface area contributed by atoms with Gasteiger partial charge in [-0.3, -0.25) is 4.79 Å². The zero-order chi connectivity index (χ0) is 24.1. The van der Waals surface area contributed by atoms with Gasteiger partial charge in [-0.25, -0.2) is 0 Å². The average Bonchev–Trinajstić information content (AvgIpc) is 3.24. The number of anilines is 1. The van der Waals surface area contributed by atoms with Gasteiger partial charge < -0.3 is 14.6 Å². The van der Waals surface area contributed by atoms with E-state index in [-0.39, 0.29) is 5.91 Å². The highest BCUT2D eigenvalue weighted by molar-refractivity contribution is 8.00. The highest BCUT2D eigenvalue weighted by atomic mass is 32.2. The van der Waals surface area contributed by atoms with Crippen LogP contribution in [0.1, 0.15) is 28.9 Å². The van der Waals surface area contributed by atoms with Crippen LogP contribution in [0.15, 0.2) is 78.0 Å². The van der Waals surface area contributed by atoms with Crippen molar-refractivity contribution in [2.24, 2.45) is 0 Å². The van der Waals surface area contributed by atoms with Gasteiger partial charge in [0.1, 0.15) is 11.0 Å². The molecule has 4 aromatic rings. The van der Waals surface area contributed by atoms with Crippen molar-refractivity contribution in [1.82, 2.24) is 14.8 Å². The van der Waals surface area contributed by atoms with Crippen LogP contribution >= 0.6 is 11.8 Å². The lowest BCUT2D eigenvalue weighted by Gasteiger charge is -2.18. The number of para-hydroxylation sites is 1. The molecule has 1 aromatic heterocycles. The smallest absolute Gasteiger partial charge is 0.242 e. The van der Waals surface area contributed by atoms with Crippen LogP contribution in [0.3, 0.4) is 0 Å². The van der Waals surface area contributed by atoms with Crippen molar-refractivity contribution in [2.45, 2.75) is 37.7 Å². The Bertz CT molecular complexity index is 1270. The third-order valence-corrected chi connectivity index (χ3v) is 6.67. The molecule has 3 aromatic carbocycles. The summed E-state index contributed by atoms with van der Waals surface area (Å²) in [6.45, 7) is 6.74. The van der Waals surface area contributed by atoms with Crippen LogP contribution < -0.4 is 10.1 Å². The lowest BCUT2D eigenvalue weighted by atomic mass is 10.1. The minimum absolute atomic E-state index is 0.106. The molecule has 1 N–H and O–H groups in total. The van der Waals surface area contributed by atoms with Crippen molar-refractivity contribution in [3.63, 3.8) is 0 Å². The maximum absolute atomic E-state index is 13.5. The molecule has 0 bridgehead atoms. The quantitative estimate of drug-likeness (QED) is 0.316. The maximum atomic E-state index is 13.5. The first-order valence-corrected chi connectivity index (χ1v) is 12.1. The molecule has 0 unspecified atom stereocenters. The SMILES string of the molecule is CCn1c(S[C@H](C(=O)Nc2cc(C)cc(C)c2)c2ccccc2)nnc1-c1ccccc1OC. The summed E-state index contributed by atoms with van der Waals surface area (Å²) in [5.41, 5.74) is 4.76. The van der Waals surface area contributed by atoms with Crippen molar-refractivity contribution in [3.8, 4) is 17.1 Å². The lowest BCUT2D eigenvalue weighted by Crippen LogP contribution is -2.19. The average molecular weight is 473 g/mol. The van der Waals surface area contributed by atoms with Crippen LogP contribution in [-0.4, -0.2) is 27.8 Å². The Morgan fingerprint density at radius 1 is 1.00 bits per heavy atom. The molecule has 1 atom stereocenters. The second kappa shape index (κ2) is 10.6. The number of thioether (sulfide) groups is 1. The predicted molar refractivity (Wildman–Crippen MR) is 137 cm³/mol. The number of hydrogen-bond acceptors (Lipinski definition) is 5. The number of aryl methyl sites for hydroxylation is 2. The van der Waals surface area contributed by atoms with E-state index in [2.05, 4.69) is 21.6 Å². The van der Waals surface area contributed by atoms with Gasteiger partial charge in [-0.2, -0.15) is 0 Å². The predicted octanol–water partition coefficient (Wildman–Crippen LogP) is 6.06. The molecule has 1 heterocycles. The third-order valence-electron chi connectivity index (χ3n) is 5.43. The summed E-state index contributed by atoms with van der Waals surface area (Å²) in [7, 11) is 1.64. The molecule has 34 heavy (non-hydrogen) atoms. The second-order valence-corrected chi connectivity index (χ2v) is 9.10. The van der Waals surface area contributed by atoms with Gasteiger partial charge in [0.25, 0.3) is 0 Å². The number of aromatic nitrogens is 3. The Labute approximate surface area is 204 Å². The second-order valence-electron chi connectivity index (χ2n) is 8.02. The molecule has 0 fully saturated rings. The van der Waals surface area contributed by atoms with E-state index >= 15 is 0 Å². The first kappa shape index (κ1) is 23.6. The normalized spacial score (nSPS) is 11.8. The minimum Gasteiger partial charge on any atom is -0.496 e. The largest absolute Gasteiger partial charge is 0.496 e. The fourth-order valence-electron chi connectivity index (χ4n) is 3.95. The molecular weight excluding hydrogens is 444 g/mol. The topological polar surface area (TPSA) is 69.0 Å². The first-order chi connectivity index (χ1) is 16.5. The number of nitrogens with zero attached hydrogens (tertiary/aromatic N) is 3. The molecule has 6 nitrogen and oxygen atoms in total. The van der Waals surface area contributed by atoms with Gasteiger partial charge in [-0.1, -0.05) is 60.3 Å². The third kappa shape index (κ3) is 5.15. The molecule has 0 spiro atoms. The summed E-state index contributed by atoms with van der Waals surface area (Å²) in [4.78, 5) is 13.5. The summed E-state index contributed by atoms with van der Waals surface area (Å²) in [5, 5.41) is 12.2. The first-order valence-electron chi connectivity index (χ1n) is 11.2. The van der Waals surface area contributed by atoms with E-state index in [4.69, 9.17) is 4.74 Å². The van der Waals surface area contributed by atoms with Crippen molar-refractivity contribution >= 4 is 23.4 Å². The van der Waals surface area contributed by atoms with Crippen LogP contribution in [-0.2, 0) is 11.3 Å². The van der Waals surface area contributed by atoms with E-state index in [9.17, 15) is 4.79 Å². The summed E-state index contributed by atoms with van der Waals surface area (Å²) in [6, 6.07) is 23.5. The van der Waals surface area contributed by atoms with Gasteiger partial charge in [0.15, 0.2) is 11.0 Å². The highest BCUT2D eigenvalue weighted by Gasteiger charge is 2.26. The number of benzene rings is 3. The number of methoxy groups -OCH3 is 1. The van der Waals surface area contributed by atoms with Crippen LogP contribution in [0.5, 0.6) is 5.75 Å². The Kier molecular flexibility index (Phi) is 7.33. The molecule has 174 valence electrons. The molecule has 0 radical (unpaired) electrons. The molecule has 0 aliphatic rings. The molecule has 0 aliphatic carbocycles. The number of amides is 1. The molecule has 4 rings (SSSR count). The standard InChI is InChI=1S/C27H28N4O2S/c1-5-31-25(22-13-9-10-14-23(22)33-4)29-30-27(31)34-24(20-11-7-6-8-12-20)26(32)28-21-16-18(2)15-19(3)17-21/h6-17,24H,5H2,1-4H3,(H,28,32)/t24-/m0/s1. The molecule has 0 saturated carbocycles. The van der Waals surface area contributed by atoms with Crippen LogP contribution in [0.2, 0.25) is 0 Å². The Morgan fingerprint density at radius 2 is 1.68 bits per heavy atom. The molecule has 7 heteroatoms. The van der Waals surface area contributed by atoms with Crippen LogP contribution in [0, 0.1) is 13.8 Å². The lowest BCUT2D eigenvalue weighted by molar-refractivity contribution is -0.115. The monoisotopic (exact) mass is 472 g/mol. The van der Waals surface area contributed by atoms with E-state index in [1.54, 1.807) is 7.11 Å². The summed E-state index contributed by atoms with van der Waals surface area (Å²) in [5.74, 6) is 1.34. The van der Waals surface area contributed by atoms with Gasteiger partial charge in [0, 0.05) is 12.2 Å². The molecule has 1 amide bonds. The number of hydrogen-bond donors (Lipinski definition) is 1. The van der Waals surface area contributed by atoms with E-state index in [1.165, 1.54) is 11.8 Å². The van der Waals surface area contributed by atoms with Crippen LogP contribution in [0.25, 0.3) is 11.4 Å². The zero-order valence-electron chi connectivity index (χ0n) is 19.8. The van der Waals surface area contributed by atoms with Gasteiger partial charge in [-0.15, -0.1) is 10.2 Å². The van der Waals surface area contributed by atoms with Crippen molar-refractivity contribution in [3.05, 3.63) is 89.5 Å². The number of nitrogens with one attached hydrogen (secondary N) is 1. The fraction of sp³-hybridized carbons (Fsp3) is 0.222. The maximum Gasteiger partial charge on any atom is 0.242 e. The summed E-state index contributed by atoms with van der Waals surface area (Å²) in [6.07, 6.45) is 0. The van der Waals surface area contributed by atoms with Crippen molar-refractivity contribution in [1.29, 1.82) is 0 Å². The Morgan fingerprint density at radius 3 is 2.35 bits per heavy atom. The van der Waals surface area contributed by atoms with Gasteiger partial charge in [-0.05, 0) is 61.7 Å². The van der Waals surface area contributed by atoms with E-state index < -0.39 is 5.25 Å².